The zero-order chi connectivity index (χ0) is 18.4. The molecule has 1 aliphatic carbocycles. The van der Waals surface area contributed by atoms with E-state index in [2.05, 4.69) is 20.5 Å². The van der Waals surface area contributed by atoms with Crippen molar-refractivity contribution in [1.29, 1.82) is 0 Å². The van der Waals surface area contributed by atoms with Crippen molar-refractivity contribution >= 4 is 17.4 Å². The lowest BCUT2D eigenvalue weighted by Gasteiger charge is -2.21. The fraction of sp³-hybridized carbons (Fsp3) is 0.438. The molecule has 3 heterocycles. The van der Waals surface area contributed by atoms with Crippen LogP contribution in [0.2, 0.25) is 0 Å². The fourth-order valence-electron chi connectivity index (χ4n) is 3.63. The molecule has 3 atom stereocenters. The van der Waals surface area contributed by atoms with Crippen LogP contribution in [0.15, 0.2) is 18.3 Å². The second-order valence-electron chi connectivity index (χ2n) is 6.80. The highest BCUT2D eigenvalue weighted by Crippen LogP contribution is 2.46. The summed E-state index contributed by atoms with van der Waals surface area (Å²) in [7, 11) is 0. The molecule has 2 aliphatic rings. The van der Waals surface area contributed by atoms with Crippen molar-refractivity contribution in [1.82, 2.24) is 20.5 Å². The molecule has 1 saturated carbocycles. The Labute approximate surface area is 147 Å². The number of nitrogens with one attached hydrogen (secondary N) is 2. The van der Waals surface area contributed by atoms with Gasteiger partial charge in [0.25, 0.3) is 5.69 Å². The Balaban J connectivity index is 1.32. The zero-order valence-electron chi connectivity index (χ0n) is 14.0. The van der Waals surface area contributed by atoms with E-state index >= 15 is 0 Å². The van der Waals surface area contributed by atoms with Gasteiger partial charge >= 0.3 is 0 Å². The normalized spacial score (nSPS) is 23.6. The van der Waals surface area contributed by atoms with Crippen LogP contribution in [0, 0.1) is 34.7 Å². The van der Waals surface area contributed by atoms with Gasteiger partial charge in [0.2, 0.25) is 5.91 Å². The average molecular weight is 360 g/mol. The van der Waals surface area contributed by atoms with Gasteiger partial charge in [0.05, 0.1) is 23.1 Å². The maximum absolute atomic E-state index is 14.1. The molecule has 26 heavy (non-hydrogen) atoms. The Morgan fingerprint density at radius 2 is 2.19 bits per heavy atom. The average Bonchev–Trinajstić information content (AvgIpc) is 2.93. The largest absolute Gasteiger partial charge is 0.353 e. The van der Waals surface area contributed by atoms with Crippen molar-refractivity contribution in [3.05, 3.63) is 45.6 Å². The van der Waals surface area contributed by atoms with Crippen molar-refractivity contribution in [3.63, 3.8) is 0 Å². The third-order valence-electron chi connectivity index (χ3n) is 4.94. The monoisotopic (exact) mass is 360 g/mol. The summed E-state index contributed by atoms with van der Waals surface area (Å²) in [6.07, 6.45) is 1.29. The molecule has 1 aliphatic heterocycles. The van der Waals surface area contributed by atoms with Crippen molar-refractivity contribution in [2.45, 2.75) is 19.4 Å². The van der Waals surface area contributed by atoms with Crippen LogP contribution in [0.4, 0.5) is 15.9 Å². The lowest BCUT2D eigenvalue weighted by atomic mass is 10.2. The molecule has 2 aromatic rings. The third kappa shape index (κ3) is 2.98. The highest BCUT2D eigenvalue weighted by molar-refractivity contribution is 5.79. The Hall–Kier alpha value is -3.04. The van der Waals surface area contributed by atoms with E-state index in [0.717, 1.165) is 18.0 Å². The topological polar surface area (TPSA) is 117 Å². The number of hydrogen-bond acceptors (Lipinski definition) is 6. The number of hydrogen-bond donors (Lipinski definition) is 2. The predicted octanol–water partition coefficient (Wildman–Crippen LogP) is 0.954. The van der Waals surface area contributed by atoms with E-state index in [9.17, 15) is 19.3 Å². The number of aromatic amines is 1. The van der Waals surface area contributed by atoms with Gasteiger partial charge in [0.1, 0.15) is 6.20 Å². The number of aromatic nitrogens is 3. The molecule has 2 N–H and O–H groups in total. The van der Waals surface area contributed by atoms with Crippen molar-refractivity contribution in [3.8, 4) is 0 Å². The van der Waals surface area contributed by atoms with Gasteiger partial charge in [-0.15, -0.1) is 0 Å². The quantitative estimate of drug-likeness (QED) is 0.606. The van der Waals surface area contributed by atoms with Crippen LogP contribution in [0.1, 0.15) is 11.4 Å². The van der Waals surface area contributed by atoms with E-state index < -0.39 is 10.7 Å². The van der Waals surface area contributed by atoms with Gasteiger partial charge in [-0.05, 0) is 13.0 Å². The number of aryl methyl sites for hydroxylation is 1. The summed E-state index contributed by atoms with van der Waals surface area (Å²) in [4.78, 5) is 27.7. The van der Waals surface area contributed by atoms with Crippen molar-refractivity contribution < 1.29 is 14.1 Å². The van der Waals surface area contributed by atoms with Crippen LogP contribution < -0.4 is 10.2 Å². The highest BCUT2D eigenvalue weighted by atomic mass is 19.1. The molecule has 1 amide bonds. The number of nitro groups is 1. The summed E-state index contributed by atoms with van der Waals surface area (Å²) in [5.41, 5.74) is 1.24. The number of pyridine rings is 1. The minimum atomic E-state index is -0.699. The van der Waals surface area contributed by atoms with Crippen LogP contribution in [0.3, 0.4) is 0 Å². The lowest BCUT2D eigenvalue weighted by Crippen LogP contribution is -2.36. The molecule has 0 aromatic carbocycles. The number of fused-ring (bicyclic) bond motifs is 1. The summed E-state index contributed by atoms with van der Waals surface area (Å²) in [5.74, 6) is -0.163. The molecular formula is C16H17FN6O3. The summed E-state index contributed by atoms with van der Waals surface area (Å²) in [5, 5.41) is 20.5. The van der Waals surface area contributed by atoms with E-state index in [4.69, 9.17) is 0 Å². The maximum atomic E-state index is 14.1. The predicted molar refractivity (Wildman–Crippen MR) is 89.0 cm³/mol. The van der Waals surface area contributed by atoms with Crippen LogP contribution in [-0.4, -0.2) is 45.1 Å². The Bertz CT molecular complexity index is 873. The molecule has 4 rings (SSSR count). The number of carbonyl (C=O) groups is 1. The van der Waals surface area contributed by atoms with Gasteiger partial charge in [0.15, 0.2) is 11.6 Å². The first-order valence-corrected chi connectivity index (χ1v) is 8.27. The molecule has 1 saturated heterocycles. The first-order valence-electron chi connectivity index (χ1n) is 8.27. The number of piperidine rings is 1. The van der Waals surface area contributed by atoms with Gasteiger partial charge in [-0.3, -0.25) is 20.0 Å². The van der Waals surface area contributed by atoms with Gasteiger partial charge in [-0.25, -0.2) is 9.37 Å². The molecule has 0 spiro atoms. The number of rotatable bonds is 5. The van der Waals surface area contributed by atoms with E-state index in [0.29, 0.717) is 18.8 Å². The van der Waals surface area contributed by atoms with E-state index in [-0.39, 0.29) is 41.7 Å². The van der Waals surface area contributed by atoms with E-state index in [1.165, 1.54) is 0 Å². The molecule has 136 valence electrons. The second-order valence-corrected chi connectivity index (χ2v) is 6.80. The molecule has 10 heteroatoms. The first kappa shape index (κ1) is 16.4. The standard InChI is InChI=1S/C16H17FN6O3/c1-8-2-9(21-20-8)3-14(24)19-15-11-6-22(7-12(11)15)16-13(17)4-10(5-18-16)23(25)26/h2,4-5,11-12,15H,3,6-7H2,1H3,(H,19,24)(H,20,21)/t11-,12+,15?. The number of anilines is 1. The fourth-order valence-corrected chi connectivity index (χ4v) is 3.63. The number of H-pyrrole nitrogens is 1. The Morgan fingerprint density at radius 3 is 2.77 bits per heavy atom. The van der Waals surface area contributed by atoms with Crippen molar-refractivity contribution in [2.24, 2.45) is 11.8 Å². The first-order chi connectivity index (χ1) is 12.4. The molecule has 2 fully saturated rings. The van der Waals surface area contributed by atoms with Gasteiger partial charge in [-0.1, -0.05) is 0 Å². The van der Waals surface area contributed by atoms with E-state index in [1.807, 2.05) is 13.0 Å². The van der Waals surface area contributed by atoms with Crippen LogP contribution in [0.25, 0.3) is 0 Å². The highest BCUT2D eigenvalue weighted by Gasteiger charge is 2.57. The maximum Gasteiger partial charge on any atom is 0.290 e. The van der Waals surface area contributed by atoms with Crippen LogP contribution in [0.5, 0.6) is 0 Å². The smallest absolute Gasteiger partial charge is 0.290 e. The minimum Gasteiger partial charge on any atom is -0.353 e. The van der Waals surface area contributed by atoms with Gasteiger partial charge in [0, 0.05) is 36.7 Å². The number of nitrogens with zero attached hydrogens (tertiary/aromatic N) is 4. The summed E-state index contributed by atoms with van der Waals surface area (Å²) in [6, 6.07) is 2.80. The lowest BCUT2D eigenvalue weighted by molar-refractivity contribution is -0.385. The van der Waals surface area contributed by atoms with Gasteiger partial charge in [-0.2, -0.15) is 5.10 Å². The van der Waals surface area contributed by atoms with Crippen LogP contribution >= 0.6 is 0 Å². The summed E-state index contributed by atoms with van der Waals surface area (Å²) >= 11 is 0. The van der Waals surface area contributed by atoms with Crippen molar-refractivity contribution in [2.75, 3.05) is 18.0 Å². The SMILES string of the molecule is Cc1cc(CC(=O)NC2[C@H]3CN(c4ncc([N+](=O)[O-])cc4F)C[C@@H]23)n[nH]1. The van der Waals surface area contributed by atoms with E-state index in [1.54, 1.807) is 4.90 Å². The summed E-state index contributed by atoms with van der Waals surface area (Å²) < 4.78 is 14.1. The zero-order valence-corrected chi connectivity index (χ0v) is 14.0. The molecule has 2 aromatic heterocycles. The molecule has 0 bridgehead atoms. The number of halogens is 1. The third-order valence-corrected chi connectivity index (χ3v) is 4.94. The van der Waals surface area contributed by atoms with Crippen LogP contribution in [-0.2, 0) is 11.2 Å². The second kappa shape index (κ2) is 6.04. The Kier molecular flexibility index (Phi) is 3.82. The van der Waals surface area contributed by atoms with Gasteiger partial charge < -0.3 is 10.2 Å². The minimum absolute atomic E-state index is 0.0814. The number of amides is 1. The molecule has 9 nitrogen and oxygen atoms in total. The summed E-state index contributed by atoms with van der Waals surface area (Å²) in [6.45, 7) is 3.01. The molecular weight excluding hydrogens is 343 g/mol. The molecule has 1 unspecified atom stereocenters. The Morgan fingerprint density at radius 1 is 1.46 bits per heavy atom. The number of carbonyl (C=O) groups excluding carboxylic acids is 1. The molecule has 0 radical (unpaired) electrons.